The normalized spacial score (nSPS) is 10.6. The van der Waals surface area contributed by atoms with Gasteiger partial charge in [0.15, 0.2) is 11.6 Å². The van der Waals surface area contributed by atoms with E-state index >= 15 is 0 Å². The van der Waals surface area contributed by atoms with Crippen molar-refractivity contribution in [3.63, 3.8) is 0 Å². The Labute approximate surface area is 171 Å². The topological polar surface area (TPSA) is 66.4 Å². The summed E-state index contributed by atoms with van der Waals surface area (Å²) in [6.45, 7) is 7.03. The fraction of sp³-hybridized carbons (Fsp3) is 0.200. The van der Waals surface area contributed by atoms with Gasteiger partial charge in [0.25, 0.3) is 0 Å². The van der Waals surface area contributed by atoms with Crippen LogP contribution in [0.25, 0.3) is 11.1 Å². The van der Waals surface area contributed by atoms with Crippen LogP contribution in [0.4, 0.5) is 11.4 Å². The van der Waals surface area contributed by atoms with Gasteiger partial charge in [-0.3, -0.25) is 9.59 Å². The molecule has 0 saturated heterocycles. The molecule has 0 heterocycles. The second-order valence-corrected chi connectivity index (χ2v) is 7.16. The number of phenolic OH excluding ortho intramolecular Hbond substituents is 1. The molecule has 0 bridgehead atoms. The molecule has 3 aromatic rings. The third kappa shape index (κ3) is 3.92. The second kappa shape index (κ2) is 8.31. The summed E-state index contributed by atoms with van der Waals surface area (Å²) < 4.78 is 0. The summed E-state index contributed by atoms with van der Waals surface area (Å²) in [5.74, 6) is -0.762. The van der Waals surface area contributed by atoms with Gasteiger partial charge in [-0.2, -0.15) is 0 Å². The molecule has 0 aliphatic carbocycles. The fourth-order valence-electron chi connectivity index (χ4n) is 3.56. The SMILES string of the molecule is CCC(=O)c1c(O)c(C(C)=O)c(-c2ccccc2)c(C)c1Nc1ccc(C)cc1. The molecular weight excluding hydrogens is 362 g/mol. The molecule has 0 unspecified atom stereocenters. The van der Waals surface area contributed by atoms with E-state index in [1.54, 1.807) is 6.92 Å². The Kier molecular flexibility index (Phi) is 5.83. The van der Waals surface area contributed by atoms with Gasteiger partial charge >= 0.3 is 0 Å². The first-order valence-corrected chi connectivity index (χ1v) is 9.67. The van der Waals surface area contributed by atoms with Gasteiger partial charge in [0.2, 0.25) is 0 Å². The maximum atomic E-state index is 12.8. The number of carbonyl (C=O) groups is 2. The number of rotatable bonds is 6. The number of aryl methyl sites for hydroxylation is 1. The molecule has 0 aliphatic rings. The van der Waals surface area contributed by atoms with Gasteiger partial charge in [-0.05, 0) is 44.0 Å². The van der Waals surface area contributed by atoms with E-state index < -0.39 is 0 Å². The molecule has 148 valence electrons. The summed E-state index contributed by atoms with van der Waals surface area (Å²) in [6, 6.07) is 17.2. The Bertz CT molecular complexity index is 1070. The van der Waals surface area contributed by atoms with Crippen LogP contribution in [-0.2, 0) is 0 Å². The van der Waals surface area contributed by atoms with Crippen molar-refractivity contribution < 1.29 is 14.7 Å². The Morgan fingerprint density at radius 2 is 1.55 bits per heavy atom. The number of Topliss-reactive ketones (excluding diaryl/α,β-unsaturated/α-hetero) is 2. The quantitative estimate of drug-likeness (QED) is 0.493. The Hall–Kier alpha value is -3.40. The maximum Gasteiger partial charge on any atom is 0.168 e. The van der Waals surface area contributed by atoms with E-state index in [4.69, 9.17) is 0 Å². The van der Waals surface area contributed by atoms with Crippen molar-refractivity contribution in [2.75, 3.05) is 5.32 Å². The number of anilines is 2. The molecule has 3 aromatic carbocycles. The lowest BCUT2D eigenvalue weighted by molar-refractivity contribution is 0.0986. The third-order valence-corrected chi connectivity index (χ3v) is 5.06. The predicted molar refractivity (Wildman–Crippen MR) is 117 cm³/mol. The molecule has 29 heavy (non-hydrogen) atoms. The standard InChI is InChI=1S/C25H25NO3/c1-5-20(28)23-24(26-19-13-11-15(2)12-14-19)16(3)21(18-9-7-6-8-10-18)22(17(4)27)25(23)29/h6-14,26,29H,5H2,1-4H3. The van der Waals surface area contributed by atoms with Gasteiger partial charge in [-0.25, -0.2) is 0 Å². The minimum Gasteiger partial charge on any atom is -0.506 e. The highest BCUT2D eigenvalue weighted by molar-refractivity contribution is 6.13. The molecule has 0 radical (unpaired) electrons. The van der Waals surface area contributed by atoms with Crippen molar-refractivity contribution in [3.05, 3.63) is 76.9 Å². The van der Waals surface area contributed by atoms with Crippen LogP contribution in [0.15, 0.2) is 54.6 Å². The van der Waals surface area contributed by atoms with E-state index in [9.17, 15) is 14.7 Å². The average molecular weight is 387 g/mol. The molecule has 3 rings (SSSR count). The molecule has 2 N–H and O–H groups in total. The molecule has 0 aromatic heterocycles. The lowest BCUT2D eigenvalue weighted by Gasteiger charge is -2.22. The van der Waals surface area contributed by atoms with Gasteiger partial charge in [-0.15, -0.1) is 0 Å². The Morgan fingerprint density at radius 3 is 2.10 bits per heavy atom. The van der Waals surface area contributed by atoms with Gasteiger partial charge in [0.05, 0.1) is 16.8 Å². The lowest BCUT2D eigenvalue weighted by atomic mass is 9.86. The fourth-order valence-corrected chi connectivity index (χ4v) is 3.56. The first-order valence-electron chi connectivity index (χ1n) is 9.67. The summed E-state index contributed by atoms with van der Waals surface area (Å²) in [7, 11) is 0. The molecular formula is C25H25NO3. The Morgan fingerprint density at radius 1 is 0.931 bits per heavy atom. The molecule has 0 spiro atoms. The minimum absolute atomic E-state index is 0.162. The number of benzene rings is 3. The minimum atomic E-state index is -0.281. The monoisotopic (exact) mass is 387 g/mol. The van der Waals surface area contributed by atoms with Crippen LogP contribution in [0.5, 0.6) is 5.75 Å². The van der Waals surface area contributed by atoms with Crippen molar-refractivity contribution in [1.29, 1.82) is 0 Å². The number of ketones is 2. The lowest BCUT2D eigenvalue weighted by Crippen LogP contribution is -2.11. The molecule has 0 fully saturated rings. The smallest absolute Gasteiger partial charge is 0.168 e. The molecule has 0 amide bonds. The summed E-state index contributed by atoms with van der Waals surface area (Å²) in [5.41, 5.74) is 4.99. The maximum absolute atomic E-state index is 12.8. The first kappa shape index (κ1) is 20.3. The van der Waals surface area contributed by atoms with E-state index in [0.29, 0.717) is 11.3 Å². The number of phenols is 1. The van der Waals surface area contributed by atoms with Crippen molar-refractivity contribution in [2.45, 2.75) is 34.1 Å². The van der Waals surface area contributed by atoms with Crippen LogP contribution in [0, 0.1) is 13.8 Å². The second-order valence-electron chi connectivity index (χ2n) is 7.16. The predicted octanol–water partition coefficient (Wildman–Crippen LogP) is 6.21. The number of hydrogen-bond donors (Lipinski definition) is 2. The van der Waals surface area contributed by atoms with Crippen LogP contribution in [0.2, 0.25) is 0 Å². The number of aromatic hydroxyl groups is 1. The number of nitrogens with one attached hydrogen (secondary N) is 1. The summed E-state index contributed by atoms with van der Waals surface area (Å²) in [5, 5.41) is 14.4. The zero-order chi connectivity index (χ0) is 21.1. The Balaban J connectivity index is 2.35. The molecule has 0 saturated carbocycles. The van der Waals surface area contributed by atoms with Crippen molar-refractivity contribution in [3.8, 4) is 16.9 Å². The number of hydrogen-bond acceptors (Lipinski definition) is 4. The highest BCUT2D eigenvalue weighted by Gasteiger charge is 2.27. The molecule has 0 atom stereocenters. The van der Waals surface area contributed by atoms with E-state index in [-0.39, 0.29) is 34.9 Å². The van der Waals surface area contributed by atoms with Crippen molar-refractivity contribution in [1.82, 2.24) is 0 Å². The van der Waals surface area contributed by atoms with E-state index in [1.165, 1.54) is 6.92 Å². The summed E-state index contributed by atoms with van der Waals surface area (Å²) in [6.07, 6.45) is 0.220. The van der Waals surface area contributed by atoms with E-state index in [1.807, 2.05) is 68.4 Å². The first-order chi connectivity index (χ1) is 13.8. The molecule has 0 aliphatic heterocycles. The third-order valence-electron chi connectivity index (χ3n) is 5.06. The van der Waals surface area contributed by atoms with Crippen LogP contribution < -0.4 is 5.32 Å². The highest BCUT2D eigenvalue weighted by Crippen LogP contribution is 2.43. The van der Waals surface area contributed by atoms with Crippen molar-refractivity contribution in [2.24, 2.45) is 0 Å². The zero-order valence-electron chi connectivity index (χ0n) is 17.2. The van der Waals surface area contributed by atoms with Crippen LogP contribution >= 0.6 is 0 Å². The number of carbonyl (C=O) groups excluding carboxylic acids is 2. The van der Waals surface area contributed by atoms with Crippen LogP contribution in [-0.4, -0.2) is 16.7 Å². The van der Waals surface area contributed by atoms with Crippen molar-refractivity contribution >= 4 is 22.9 Å². The molecule has 4 nitrogen and oxygen atoms in total. The average Bonchev–Trinajstić information content (AvgIpc) is 2.71. The summed E-state index contributed by atoms with van der Waals surface area (Å²) >= 11 is 0. The van der Waals surface area contributed by atoms with E-state index in [0.717, 1.165) is 22.4 Å². The molecule has 4 heteroatoms. The van der Waals surface area contributed by atoms with Crippen LogP contribution in [0.1, 0.15) is 52.1 Å². The largest absolute Gasteiger partial charge is 0.506 e. The zero-order valence-corrected chi connectivity index (χ0v) is 17.2. The summed E-state index contributed by atoms with van der Waals surface area (Å²) in [4.78, 5) is 25.3. The van der Waals surface area contributed by atoms with Gasteiger partial charge in [0, 0.05) is 17.7 Å². The van der Waals surface area contributed by atoms with Gasteiger partial charge < -0.3 is 10.4 Å². The van der Waals surface area contributed by atoms with Gasteiger partial charge in [-0.1, -0.05) is 55.0 Å². The van der Waals surface area contributed by atoms with Gasteiger partial charge in [0.1, 0.15) is 5.75 Å². The van der Waals surface area contributed by atoms with E-state index in [2.05, 4.69) is 5.32 Å². The highest BCUT2D eigenvalue weighted by atomic mass is 16.3. The van der Waals surface area contributed by atoms with Crippen LogP contribution in [0.3, 0.4) is 0 Å².